The number of rotatable bonds is 6. The van der Waals surface area contributed by atoms with E-state index in [9.17, 15) is 13.2 Å². The van der Waals surface area contributed by atoms with Gasteiger partial charge in [-0.1, -0.05) is 12.1 Å². The second-order valence-corrected chi connectivity index (χ2v) is 10.7. The number of carbonyl (C=O) groups is 1. The molecule has 0 bridgehead atoms. The van der Waals surface area contributed by atoms with Crippen molar-refractivity contribution in [3.63, 3.8) is 0 Å². The van der Waals surface area contributed by atoms with E-state index in [0.29, 0.717) is 18.8 Å². The summed E-state index contributed by atoms with van der Waals surface area (Å²) in [6, 6.07) is 10.6. The molecule has 2 aromatic rings. The van der Waals surface area contributed by atoms with Crippen molar-refractivity contribution in [1.82, 2.24) is 9.80 Å². The first-order chi connectivity index (χ1) is 15.6. The lowest BCUT2D eigenvalue weighted by Crippen LogP contribution is -2.55. The molecule has 2 aromatic carbocycles. The van der Waals surface area contributed by atoms with Crippen LogP contribution in [0, 0.1) is 13.8 Å². The maximum Gasteiger partial charge on any atom is 0.246 e. The van der Waals surface area contributed by atoms with Gasteiger partial charge in [0.1, 0.15) is 6.04 Å². The summed E-state index contributed by atoms with van der Waals surface area (Å²) >= 11 is 0. The van der Waals surface area contributed by atoms with Crippen molar-refractivity contribution in [1.29, 1.82) is 0 Å². The third-order valence-corrected chi connectivity index (χ3v) is 7.58. The molecule has 1 unspecified atom stereocenters. The minimum absolute atomic E-state index is 0.179. The second kappa shape index (κ2) is 9.23. The van der Waals surface area contributed by atoms with E-state index >= 15 is 0 Å². The summed E-state index contributed by atoms with van der Waals surface area (Å²) in [7, 11) is -3.63. The second-order valence-electron chi connectivity index (χ2n) is 8.79. The predicted octanol–water partition coefficient (Wildman–Crippen LogP) is 2.53. The molecule has 1 saturated heterocycles. The molecule has 2 aliphatic rings. The molecule has 0 N–H and O–H groups in total. The van der Waals surface area contributed by atoms with Gasteiger partial charge in [-0.3, -0.25) is 14.0 Å². The fraction of sp³-hybridized carbons (Fsp3) is 0.458. The van der Waals surface area contributed by atoms with Gasteiger partial charge >= 0.3 is 0 Å². The molecule has 0 aromatic heterocycles. The molecule has 1 amide bonds. The van der Waals surface area contributed by atoms with E-state index < -0.39 is 16.1 Å². The van der Waals surface area contributed by atoms with Crippen molar-refractivity contribution >= 4 is 21.6 Å². The van der Waals surface area contributed by atoms with E-state index in [1.807, 2.05) is 44.2 Å². The minimum Gasteiger partial charge on any atom is -0.454 e. The van der Waals surface area contributed by atoms with Gasteiger partial charge < -0.3 is 14.4 Å². The van der Waals surface area contributed by atoms with Gasteiger partial charge in [-0.05, 0) is 61.7 Å². The molecular formula is C24H31N3O5S. The van der Waals surface area contributed by atoms with Crippen molar-refractivity contribution in [3.05, 3.63) is 53.1 Å². The highest BCUT2D eigenvalue weighted by atomic mass is 32.2. The van der Waals surface area contributed by atoms with Crippen molar-refractivity contribution in [2.24, 2.45) is 0 Å². The molecular weight excluding hydrogens is 442 g/mol. The lowest BCUT2D eigenvalue weighted by atomic mass is 10.1. The van der Waals surface area contributed by atoms with Gasteiger partial charge in [0, 0.05) is 32.7 Å². The zero-order valence-corrected chi connectivity index (χ0v) is 20.4. The molecule has 1 atom stereocenters. The summed E-state index contributed by atoms with van der Waals surface area (Å²) < 4.78 is 37.3. The highest BCUT2D eigenvalue weighted by molar-refractivity contribution is 7.92. The number of amides is 1. The van der Waals surface area contributed by atoms with Crippen LogP contribution in [0.3, 0.4) is 0 Å². The van der Waals surface area contributed by atoms with E-state index in [1.54, 1.807) is 17.9 Å². The van der Waals surface area contributed by atoms with E-state index in [1.165, 1.54) is 4.31 Å². The Labute approximate surface area is 195 Å². The number of fused-ring (bicyclic) bond motifs is 1. The monoisotopic (exact) mass is 473 g/mol. The zero-order valence-electron chi connectivity index (χ0n) is 19.6. The Morgan fingerprint density at radius 1 is 1.00 bits per heavy atom. The topological polar surface area (TPSA) is 79.4 Å². The van der Waals surface area contributed by atoms with Crippen LogP contribution in [0.25, 0.3) is 0 Å². The largest absolute Gasteiger partial charge is 0.454 e. The average Bonchev–Trinajstić information content (AvgIpc) is 3.23. The van der Waals surface area contributed by atoms with Crippen molar-refractivity contribution < 1.29 is 22.7 Å². The lowest BCUT2D eigenvalue weighted by molar-refractivity contribution is -0.133. The summed E-state index contributed by atoms with van der Waals surface area (Å²) in [6.45, 7) is 9.13. The fourth-order valence-electron chi connectivity index (χ4n) is 4.35. The van der Waals surface area contributed by atoms with Gasteiger partial charge in [-0.2, -0.15) is 0 Å². The number of hydrogen-bond acceptors (Lipinski definition) is 6. The van der Waals surface area contributed by atoms with Crippen molar-refractivity contribution in [3.8, 4) is 11.5 Å². The summed E-state index contributed by atoms with van der Waals surface area (Å²) in [5, 5.41) is 0. The predicted molar refractivity (Wildman–Crippen MR) is 127 cm³/mol. The number of benzene rings is 2. The minimum atomic E-state index is -3.63. The van der Waals surface area contributed by atoms with E-state index in [0.717, 1.165) is 54.1 Å². The van der Waals surface area contributed by atoms with E-state index in [-0.39, 0.29) is 12.7 Å². The van der Waals surface area contributed by atoms with Crippen LogP contribution in [-0.2, 0) is 21.4 Å². The average molecular weight is 474 g/mol. The van der Waals surface area contributed by atoms with Crippen LogP contribution in [0.1, 0.15) is 23.6 Å². The molecule has 178 valence electrons. The van der Waals surface area contributed by atoms with Crippen LogP contribution in [0.15, 0.2) is 36.4 Å². The Balaban J connectivity index is 1.40. The van der Waals surface area contributed by atoms with Gasteiger partial charge in [-0.25, -0.2) is 8.42 Å². The number of nitrogens with zero attached hydrogens (tertiary/aromatic N) is 3. The molecule has 2 heterocycles. The number of sulfonamides is 1. The molecule has 0 aliphatic carbocycles. The Morgan fingerprint density at radius 3 is 2.36 bits per heavy atom. The number of ether oxygens (including phenoxy) is 2. The number of carbonyl (C=O) groups excluding carboxylic acids is 1. The number of anilines is 1. The Kier molecular flexibility index (Phi) is 6.54. The summed E-state index contributed by atoms with van der Waals surface area (Å²) in [5.41, 5.74) is 3.70. The molecule has 0 spiro atoms. The Hall–Kier alpha value is -2.78. The first-order valence-corrected chi connectivity index (χ1v) is 12.9. The summed E-state index contributed by atoms with van der Waals surface area (Å²) in [6.07, 6.45) is 1.15. The summed E-state index contributed by atoms with van der Waals surface area (Å²) in [5.74, 6) is 1.35. The normalized spacial score (nSPS) is 17.2. The van der Waals surface area contributed by atoms with Gasteiger partial charge in [-0.15, -0.1) is 0 Å². The molecule has 33 heavy (non-hydrogen) atoms. The van der Waals surface area contributed by atoms with Crippen LogP contribution in [0.4, 0.5) is 5.69 Å². The number of aryl methyl sites for hydroxylation is 2. The molecule has 2 aliphatic heterocycles. The summed E-state index contributed by atoms with van der Waals surface area (Å²) in [4.78, 5) is 17.3. The van der Waals surface area contributed by atoms with Gasteiger partial charge in [0.2, 0.25) is 22.7 Å². The van der Waals surface area contributed by atoms with Crippen LogP contribution in [0.2, 0.25) is 0 Å². The third-order valence-electron chi connectivity index (χ3n) is 6.34. The molecule has 0 radical (unpaired) electrons. The van der Waals surface area contributed by atoms with Crippen LogP contribution in [0.5, 0.6) is 11.5 Å². The number of piperazine rings is 1. The molecule has 0 saturated carbocycles. The van der Waals surface area contributed by atoms with Gasteiger partial charge in [0.25, 0.3) is 0 Å². The van der Waals surface area contributed by atoms with Crippen LogP contribution >= 0.6 is 0 Å². The Bertz CT molecular complexity index is 1140. The molecule has 4 rings (SSSR count). The first-order valence-electron chi connectivity index (χ1n) is 11.1. The van der Waals surface area contributed by atoms with Crippen molar-refractivity contribution in [2.75, 3.05) is 43.5 Å². The van der Waals surface area contributed by atoms with Crippen LogP contribution < -0.4 is 13.8 Å². The van der Waals surface area contributed by atoms with Crippen LogP contribution in [-0.4, -0.2) is 69.4 Å². The zero-order chi connectivity index (χ0) is 23.8. The standard InChI is InChI=1S/C24H31N3O5S/c1-17-5-7-21(13-18(17)2)27(33(4,29)30)19(3)24(28)26-11-9-25(10-12-26)15-20-6-8-22-23(14-20)32-16-31-22/h5-8,13-14,19H,9-12,15-16H2,1-4H3. The molecule has 9 heteroatoms. The highest BCUT2D eigenvalue weighted by Crippen LogP contribution is 2.33. The third kappa shape index (κ3) is 5.09. The maximum absolute atomic E-state index is 13.3. The Morgan fingerprint density at radius 2 is 1.70 bits per heavy atom. The SMILES string of the molecule is Cc1ccc(N(C(C)C(=O)N2CCN(Cc3ccc4c(c3)OCO4)CC2)S(C)(=O)=O)cc1C. The van der Waals surface area contributed by atoms with E-state index in [2.05, 4.69) is 4.90 Å². The lowest BCUT2D eigenvalue weighted by Gasteiger charge is -2.38. The fourth-order valence-corrected chi connectivity index (χ4v) is 5.51. The number of hydrogen-bond donors (Lipinski definition) is 0. The molecule has 1 fully saturated rings. The molecule has 8 nitrogen and oxygen atoms in total. The van der Waals surface area contributed by atoms with Gasteiger partial charge in [0.05, 0.1) is 11.9 Å². The van der Waals surface area contributed by atoms with Crippen molar-refractivity contribution in [2.45, 2.75) is 33.4 Å². The smallest absolute Gasteiger partial charge is 0.246 e. The quantitative estimate of drug-likeness (QED) is 0.642. The highest BCUT2D eigenvalue weighted by Gasteiger charge is 2.33. The van der Waals surface area contributed by atoms with E-state index in [4.69, 9.17) is 9.47 Å². The van der Waals surface area contributed by atoms with Gasteiger partial charge in [0.15, 0.2) is 11.5 Å². The maximum atomic E-state index is 13.3. The first kappa shape index (κ1) is 23.4.